The maximum absolute atomic E-state index is 9.54. The minimum Gasteiger partial charge on any atom is -0.395 e. The summed E-state index contributed by atoms with van der Waals surface area (Å²) >= 11 is 0. The number of hydrogen-bond acceptors (Lipinski definition) is 42. The van der Waals surface area contributed by atoms with Crippen LogP contribution in [0, 0.1) is 5.92 Å². The fourth-order valence-corrected chi connectivity index (χ4v) is 10.4. The van der Waals surface area contributed by atoms with E-state index >= 15 is 0 Å². The number of ether oxygens (including phenoxy) is 1. The Kier molecular flexibility index (Phi) is 44.2. The molecule has 0 saturated carbocycles. The van der Waals surface area contributed by atoms with Crippen LogP contribution in [0.2, 0.25) is 0 Å². The number of aliphatic hydroxyl groups is 34. The highest BCUT2D eigenvalue weighted by molar-refractivity contribution is 5.01. The van der Waals surface area contributed by atoms with Crippen molar-refractivity contribution in [3.8, 4) is 0 Å². The number of rotatable bonds is 12. The lowest BCUT2D eigenvalue weighted by Gasteiger charge is -2.41. The van der Waals surface area contributed by atoms with Crippen molar-refractivity contribution in [3.63, 3.8) is 0 Å². The fourth-order valence-electron chi connectivity index (χ4n) is 10.4. The standard InChI is InChI=1S/C8H17NO4.2C7H15NO5.3C6H13NO4.C6H13NO3.C6H12O6/c1-4-5(2-10)9-6(3-11)8(13)7(4)12;2*9-1-3-5(11)7(13)6(12)4(2-10)8-3;2*8-2-3-5(10)6(11)4(9)1-7-3;8-1-3-5(10)6(11)4(2-9)7-3;8-3-4-6(10)5(9)1-2-7-4;7-1-2-3(8)4(9)5(10)6(11)12-2/h4-13H,2-3H2,1H3;2*3-13H,1-2H2;3*3-11H,1-2H2;4-10H,1-3H2;2-11H,1H2/t4?,5-,6?,7?,8-;3-,4?,5?,6+,7?;3-,4?,5?,6-,7?;2*3?,4?,5-,6?;3-,4-,5?,6?;4?,5?,6-;2?,3-,4?,5?,6-/m11110100/s1. The summed E-state index contributed by atoms with van der Waals surface area (Å²) in [6.07, 6.45) is -25.8. The zero-order chi connectivity index (χ0) is 72.2. The molecule has 42 heteroatoms. The highest BCUT2D eigenvalue weighted by atomic mass is 16.6. The first kappa shape index (κ1) is 90.3. The van der Waals surface area contributed by atoms with Gasteiger partial charge in [-0.15, -0.1) is 0 Å². The molecule has 8 fully saturated rings. The Bertz CT molecular complexity index is 1720. The summed E-state index contributed by atoms with van der Waals surface area (Å²) in [5.41, 5.74) is 0. The van der Waals surface area contributed by atoms with Crippen LogP contribution in [-0.2, 0) is 4.74 Å². The molecule has 8 saturated heterocycles. The largest absolute Gasteiger partial charge is 0.395 e. The van der Waals surface area contributed by atoms with Crippen LogP contribution in [0.15, 0.2) is 0 Å². The van der Waals surface area contributed by atoms with Gasteiger partial charge in [0.15, 0.2) is 6.29 Å². The Labute approximate surface area is 539 Å². The fraction of sp³-hybridized carbons (Fsp3) is 1.00. The zero-order valence-electron chi connectivity index (χ0n) is 51.6. The van der Waals surface area contributed by atoms with Crippen molar-refractivity contribution in [1.82, 2.24) is 37.2 Å². The normalized spacial score (nSPS) is 45.9. The Morgan fingerprint density at radius 3 is 0.777 bits per heavy atom. The van der Waals surface area contributed by atoms with Crippen molar-refractivity contribution in [1.29, 1.82) is 0 Å². The average molecular weight is 1390 g/mol. The second-order valence-electron chi connectivity index (χ2n) is 23.5. The number of β-amino-alcohol motifs (C(OH)–C–C–N with tert-alkyl or cyclic N) is 2. The maximum atomic E-state index is 9.54. The lowest BCUT2D eigenvalue weighted by molar-refractivity contribution is -0.286. The molecule has 94 heavy (non-hydrogen) atoms. The van der Waals surface area contributed by atoms with Gasteiger partial charge in [-0.05, 0) is 13.0 Å². The quantitative estimate of drug-likeness (QED) is 0.0863. The van der Waals surface area contributed by atoms with Gasteiger partial charge in [0.2, 0.25) is 0 Å². The first-order valence-corrected chi connectivity index (χ1v) is 30.4. The predicted octanol–water partition coefficient (Wildman–Crippen LogP) is -23.6. The third-order valence-electron chi connectivity index (χ3n) is 17.0. The lowest BCUT2D eigenvalue weighted by atomic mass is 9.84. The number of aliphatic hydroxyl groups excluding tert-OH is 34. The summed E-state index contributed by atoms with van der Waals surface area (Å²) in [4.78, 5) is 0. The van der Waals surface area contributed by atoms with Gasteiger partial charge in [-0.2, -0.15) is 0 Å². The van der Waals surface area contributed by atoms with Gasteiger partial charge in [0.05, 0.1) is 225 Å². The molecule has 42 nitrogen and oxygen atoms in total. The predicted molar refractivity (Wildman–Crippen MR) is 314 cm³/mol. The molecule has 0 aliphatic carbocycles. The zero-order valence-corrected chi connectivity index (χ0v) is 51.6. The van der Waals surface area contributed by atoms with E-state index in [0.717, 1.165) is 0 Å². The Balaban J connectivity index is 0.000000538. The molecule has 0 aromatic heterocycles. The van der Waals surface area contributed by atoms with Crippen molar-refractivity contribution < 1.29 is 178 Å². The maximum Gasteiger partial charge on any atom is 0.184 e. The van der Waals surface area contributed by atoms with E-state index in [-0.39, 0.29) is 104 Å². The summed E-state index contributed by atoms with van der Waals surface area (Å²) in [6, 6.07) is -6.15. The number of hydrogen-bond donors (Lipinski definition) is 41. The topological polar surface area (TPSA) is 781 Å². The second-order valence-corrected chi connectivity index (χ2v) is 23.5. The van der Waals surface area contributed by atoms with E-state index in [9.17, 15) is 61.3 Å². The molecule has 0 aromatic rings. The van der Waals surface area contributed by atoms with E-state index in [1.54, 1.807) is 6.92 Å². The van der Waals surface area contributed by atoms with E-state index in [4.69, 9.17) is 112 Å². The van der Waals surface area contributed by atoms with Gasteiger partial charge in [-0.3, -0.25) is 0 Å². The van der Waals surface area contributed by atoms with Crippen LogP contribution < -0.4 is 37.2 Å². The SMILES string of the molecule is CC1C(O)[C@H](O)C(CO)N[C@@H]1CO.OCC1NCC(O)C(O)[C@@H]1O.OCC1NCC(O)C(O)[C@H]1O.OCC1NCCC(O)[C@H]1O.OCC1N[C@H](CO)C(O)C(O)[C@@H]1O.OCC1N[C@H](CO)C(O)C(O)[C@H]1O.OCC1O[C@H](O)C(O)C(O)[C@H]1O.OC[C@H]1N[C@H](CO)C(O)C1O. The van der Waals surface area contributed by atoms with Gasteiger partial charge in [-0.25, -0.2) is 0 Å². The molecule has 8 aliphatic heterocycles. The summed E-state index contributed by atoms with van der Waals surface area (Å²) in [5.74, 6) is -0.220. The van der Waals surface area contributed by atoms with Crippen molar-refractivity contribution in [2.24, 2.45) is 5.92 Å². The van der Waals surface area contributed by atoms with Crippen LogP contribution >= 0.6 is 0 Å². The van der Waals surface area contributed by atoms with Gasteiger partial charge >= 0.3 is 0 Å². The number of nitrogens with one attached hydrogen (secondary N) is 7. The lowest BCUT2D eigenvalue weighted by Crippen LogP contribution is -2.66. The molecule has 0 amide bonds. The number of piperidine rings is 6. The molecule has 8 heterocycles. The molecule has 41 N–H and O–H groups in total. The summed E-state index contributed by atoms with van der Waals surface area (Å²) < 4.78 is 4.58. The van der Waals surface area contributed by atoms with Gasteiger partial charge in [0, 0.05) is 25.0 Å². The van der Waals surface area contributed by atoms with Crippen molar-refractivity contribution >= 4 is 0 Å². The summed E-state index contributed by atoms with van der Waals surface area (Å²) in [7, 11) is 0. The van der Waals surface area contributed by atoms with Crippen LogP contribution in [0.5, 0.6) is 0 Å². The van der Waals surface area contributed by atoms with Crippen molar-refractivity contribution in [3.05, 3.63) is 0 Å². The molecule has 8 rings (SSSR count). The Morgan fingerprint density at radius 2 is 0.500 bits per heavy atom. The Morgan fingerprint density at radius 1 is 0.245 bits per heavy atom. The smallest absolute Gasteiger partial charge is 0.184 e. The van der Waals surface area contributed by atoms with Gasteiger partial charge < -0.3 is 216 Å². The molecule has 0 spiro atoms. The molecule has 0 aromatic carbocycles. The third kappa shape index (κ3) is 26.0. The summed E-state index contributed by atoms with van der Waals surface area (Å²) in [5, 5.41) is 326. The van der Waals surface area contributed by atoms with Crippen LogP contribution in [0.25, 0.3) is 0 Å². The van der Waals surface area contributed by atoms with E-state index in [1.165, 1.54) is 0 Å². The Hall–Kier alpha value is -1.68. The van der Waals surface area contributed by atoms with Gasteiger partial charge in [0.1, 0.15) is 48.8 Å². The molecule has 564 valence electrons. The molecule has 35 atom stereocenters. The van der Waals surface area contributed by atoms with E-state index < -0.39 is 202 Å². The third-order valence-corrected chi connectivity index (χ3v) is 17.0. The first-order valence-electron chi connectivity index (χ1n) is 30.4. The van der Waals surface area contributed by atoms with Crippen LogP contribution in [0.4, 0.5) is 0 Å². The van der Waals surface area contributed by atoms with Gasteiger partial charge in [-0.1, -0.05) is 6.92 Å². The highest BCUT2D eigenvalue weighted by Gasteiger charge is 2.46. The molecule has 0 radical (unpaired) electrons. The molecule has 22 unspecified atom stereocenters. The van der Waals surface area contributed by atoms with Crippen LogP contribution in [0.3, 0.4) is 0 Å². The highest BCUT2D eigenvalue weighted by Crippen LogP contribution is 2.22. The van der Waals surface area contributed by atoms with Gasteiger partial charge in [0.25, 0.3) is 0 Å². The van der Waals surface area contributed by atoms with Crippen molar-refractivity contribution in [2.75, 3.05) is 98.9 Å². The monoisotopic (exact) mass is 1390 g/mol. The summed E-state index contributed by atoms with van der Waals surface area (Å²) in [6.45, 7) is -0.625. The van der Waals surface area contributed by atoms with Crippen LogP contribution in [-0.4, -0.2) is 480 Å². The molecular formula is C52H111N7O35. The van der Waals surface area contributed by atoms with Crippen molar-refractivity contribution in [2.45, 2.75) is 220 Å². The molecular weight excluding hydrogens is 1280 g/mol. The van der Waals surface area contributed by atoms with Crippen LogP contribution in [0.1, 0.15) is 13.3 Å². The minimum absolute atomic E-state index is 0.110. The molecule has 0 bridgehead atoms. The average Bonchev–Trinajstić information content (AvgIpc) is 1.39. The second kappa shape index (κ2) is 46.0. The minimum atomic E-state index is -1.57. The first-order chi connectivity index (χ1) is 44.2. The van der Waals surface area contributed by atoms with E-state index in [2.05, 4.69) is 42.0 Å². The van der Waals surface area contributed by atoms with E-state index in [0.29, 0.717) is 13.0 Å². The van der Waals surface area contributed by atoms with E-state index in [1.807, 2.05) is 0 Å². The molecule has 8 aliphatic rings.